The summed E-state index contributed by atoms with van der Waals surface area (Å²) in [6.07, 6.45) is 3.83. The van der Waals surface area contributed by atoms with Crippen LogP contribution in [0.5, 0.6) is 5.75 Å². The summed E-state index contributed by atoms with van der Waals surface area (Å²) in [5.41, 5.74) is 0.109. The molecule has 2 amide bonds. The first-order valence-electron chi connectivity index (χ1n) is 8.97. The van der Waals surface area contributed by atoms with Crippen molar-refractivity contribution in [3.05, 3.63) is 30.1 Å². The third-order valence-corrected chi connectivity index (χ3v) is 5.57. The lowest BCUT2D eigenvalue weighted by atomic mass is 9.59. The largest absolute Gasteiger partial charge is 0.484 e. The third kappa shape index (κ3) is 4.15. The van der Waals surface area contributed by atoms with Crippen LogP contribution in [0.2, 0.25) is 0 Å². The van der Waals surface area contributed by atoms with Gasteiger partial charge in [0.25, 0.3) is 5.91 Å². The summed E-state index contributed by atoms with van der Waals surface area (Å²) in [6, 6.07) is 5.81. The van der Waals surface area contributed by atoms with Gasteiger partial charge in [0.2, 0.25) is 5.91 Å². The Morgan fingerprint density at radius 3 is 2.46 bits per heavy atom. The van der Waals surface area contributed by atoms with Crippen LogP contribution in [0.4, 0.5) is 4.39 Å². The van der Waals surface area contributed by atoms with Gasteiger partial charge in [-0.15, -0.1) is 0 Å². The van der Waals surface area contributed by atoms with Gasteiger partial charge in [-0.2, -0.15) is 0 Å². The molecule has 1 saturated carbocycles. The minimum Gasteiger partial charge on any atom is -0.484 e. The molecule has 26 heavy (non-hydrogen) atoms. The number of carbonyl (C=O) groups is 2. The second-order valence-electron chi connectivity index (χ2n) is 7.08. The van der Waals surface area contributed by atoms with E-state index in [1.54, 1.807) is 4.90 Å². The lowest BCUT2D eigenvalue weighted by Gasteiger charge is -2.54. The Kier molecular flexibility index (Phi) is 5.76. The molecule has 1 aromatic carbocycles. The minimum absolute atomic E-state index is 0.0490. The van der Waals surface area contributed by atoms with E-state index < -0.39 is 0 Å². The fourth-order valence-electron chi connectivity index (χ4n) is 3.86. The molecule has 1 aromatic rings. The molecule has 0 aromatic heterocycles. The predicted octanol–water partition coefficient (Wildman–Crippen LogP) is 1.74. The molecule has 1 saturated heterocycles. The highest BCUT2D eigenvalue weighted by Gasteiger charge is 2.49. The first-order chi connectivity index (χ1) is 12.5. The minimum atomic E-state index is -0.336. The summed E-state index contributed by atoms with van der Waals surface area (Å²) in [6.45, 7) is 1.37. The number of hydrogen-bond donors (Lipinski definition) is 1. The maximum Gasteiger partial charge on any atom is 0.260 e. The number of amides is 2. The van der Waals surface area contributed by atoms with E-state index in [0.29, 0.717) is 18.8 Å². The summed E-state index contributed by atoms with van der Waals surface area (Å²) >= 11 is 0. The second kappa shape index (κ2) is 8.03. The zero-order chi connectivity index (χ0) is 18.6. The first-order valence-corrected chi connectivity index (χ1v) is 8.97. The fourth-order valence-corrected chi connectivity index (χ4v) is 3.86. The Hall–Kier alpha value is -2.15. The SMILES string of the molecule is COCC(=O)NC1CCC12CCN(C(=O)COc1ccc(F)cc1)CC2. The van der Waals surface area contributed by atoms with Crippen molar-refractivity contribution >= 4 is 11.8 Å². The Labute approximate surface area is 152 Å². The van der Waals surface area contributed by atoms with Crippen LogP contribution in [0, 0.1) is 11.2 Å². The van der Waals surface area contributed by atoms with E-state index in [0.717, 1.165) is 25.7 Å². The molecule has 1 N–H and O–H groups in total. The van der Waals surface area contributed by atoms with Crippen molar-refractivity contribution in [2.45, 2.75) is 31.7 Å². The Bertz CT molecular complexity index is 641. The van der Waals surface area contributed by atoms with Crippen LogP contribution >= 0.6 is 0 Å². The molecule has 2 fully saturated rings. The highest BCUT2D eigenvalue weighted by atomic mass is 19.1. The van der Waals surface area contributed by atoms with Gasteiger partial charge in [0.15, 0.2) is 6.61 Å². The van der Waals surface area contributed by atoms with E-state index >= 15 is 0 Å². The molecular weight excluding hydrogens is 339 g/mol. The number of rotatable bonds is 6. The van der Waals surface area contributed by atoms with Crippen LogP contribution in [-0.2, 0) is 14.3 Å². The van der Waals surface area contributed by atoms with Crippen molar-refractivity contribution in [1.82, 2.24) is 10.2 Å². The van der Waals surface area contributed by atoms with Crippen LogP contribution in [0.25, 0.3) is 0 Å². The van der Waals surface area contributed by atoms with E-state index in [4.69, 9.17) is 9.47 Å². The summed E-state index contributed by atoms with van der Waals surface area (Å²) in [7, 11) is 1.51. The zero-order valence-electron chi connectivity index (χ0n) is 15.0. The topological polar surface area (TPSA) is 67.9 Å². The maximum atomic E-state index is 12.9. The Morgan fingerprint density at radius 1 is 1.19 bits per heavy atom. The lowest BCUT2D eigenvalue weighted by molar-refractivity contribution is -0.139. The number of likely N-dealkylation sites (tertiary alicyclic amines) is 1. The molecule has 1 aliphatic carbocycles. The molecule has 0 radical (unpaired) electrons. The van der Waals surface area contributed by atoms with Gasteiger partial charge in [-0.05, 0) is 55.4 Å². The van der Waals surface area contributed by atoms with Crippen molar-refractivity contribution in [3.63, 3.8) is 0 Å². The number of piperidine rings is 1. The van der Waals surface area contributed by atoms with E-state index in [1.807, 2.05) is 0 Å². The number of nitrogens with one attached hydrogen (secondary N) is 1. The van der Waals surface area contributed by atoms with E-state index in [9.17, 15) is 14.0 Å². The van der Waals surface area contributed by atoms with Crippen LogP contribution in [-0.4, -0.2) is 56.2 Å². The summed E-state index contributed by atoms with van der Waals surface area (Å²) in [5, 5.41) is 3.05. The van der Waals surface area contributed by atoms with Crippen LogP contribution in [0.1, 0.15) is 25.7 Å². The summed E-state index contributed by atoms with van der Waals surface area (Å²) in [5.74, 6) is -0.00274. The molecule has 1 spiro atoms. The van der Waals surface area contributed by atoms with Crippen LogP contribution in [0.15, 0.2) is 24.3 Å². The molecule has 3 rings (SSSR count). The number of halogens is 1. The van der Waals surface area contributed by atoms with Crippen molar-refractivity contribution < 1.29 is 23.5 Å². The molecule has 7 heteroatoms. The molecule has 1 unspecified atom stereocenters. The Balaban J connectivity index is 1.45. The van der Waals surface area contributed by atoms with E-state index in [1.165, 1.54) is 31.4 Å². The van der Waals surface area contributed by atoms with Crippen molar-refractivity contribution in [2.75, 3.05) is 33.4 Å². The maximum absolute atomic E-state index is 12.9. The molecule has 1 aliphatic heterocycles. The smallest absolute Gasteiger partial charge is 0.260 e. The van der Waals surface area contributed by atoms with Gasteiger partial charge in [0.05, 0.1) is 0 Å². The van der Waals surface area contributed by atoms with Crippen LogP contribution in [0.3, 0.4) is 0 Å². The van der Waals surface area contributed by atoms with Gasteiger partial charge in [-0.1, -0.05) is 0 Å². The normalized spacial score (nSPS) is 21.2. The van der Waals surface area contributed by atoms with Gasteiger partial charge in [-0.3, -0.25) is 9.59 Å². The highest BCUT2D eigenvalue weighted by Crippen LogP contribution is 2.49. The average molecular weight is 364 g/mol. The van der Waals surface area contributed by atoms with Gasteiger partial charge >= 0.3 is 0 Å². The molecule has 142 valence electrons. The van der Waals surface area contributed by atoms with Gasteiger partial charge in [0, 0.05) is 26.2 Å². The van der Waals surface area contributed by atoms with Gasteiger partial charge in [-0.25, -0.2) is 4.39 Å². The quantitative estimate of drug-likeness (QED) is 0.835. The molecule has 1 atom stereocenters. The zero-order valence-corrected chi connectivity index (χ0v) is 15.0. The molecular formula is C19H25FN2O4. The number of ether oxygens (including phenoxy) is 2. The number of benzene rings is 1. The van der Waals surface area contributed by atoms with Gasteiger partial charge < -0.3 is 19.7 Å². The van der Waals surface area contributed by atoms with Crippen molar-refractivity contribution in [3.8, 4) is 5.75 Å². The monoisotopic (exact) mass is 364 g/mol. The molecule has 6 nitrogen and oxygen atoms in total. The summed E-state index contributed by atoms with van der Waals surface area (Å²) < 4.78 is 23.2. The fraction of sp³-hybridized carbons (Fsp3) is 0.579. The Morgan fingerprint density at radius 2 is 1.88 bits per heavy atom. The third-order valence-electron chi connectivity index (χ3n) is 5.57. The number of carbonyl (C=O) groups excluding carboxylic acids is 2. The van der Waals surface area contributed by atoms with E-state index in [-0.39, 0.29) is 42.3 Å². The number of nitrogens with zero attached hydrogens (tertiary/aromatic N) is 1. The van der Waals surface area contributed by atoms with Crippen molar-refractivity contribution in [1.29, 1.82) is 0 Å². The van der Waals surface area contributed by atoms with Crippen LogP contribution < -0.4 is 10.1 Å². The standard InChI is InChI=1S/C19H25FN2O4/c1-25-12-17(23)21-16-6-7-19(16)8-10-22(11-9-19)18(24)13-26-15-4-2-14(20)3-5-15/h2-5,16H,6-13H2,1H3,(H,21,23). The van der Waals surface area contributed by atoms with E-state index in [2.05, 4.69) is 5.32 Å². The number of methoxy groups -OCH3 is 1. The lowest BCUT2D eigenvalue weighted by Crippen LogP contribution is -2.60. The molecule has 0 bridgehead atoms. The predicted molar refractivity (Wildman–Crippen MR) is 93.2 cm³/mol. The number of hydrogen-bond acceptors (Lipinski definition) is 4. The average Bonchev–Trinajstić information content (AvgIpc) is 2.65. The first kappa shape index (κ1) is 18.6. The second-order valence-corrected chi connectivity index (χ2v) is 7.08. The molecule has 1 heterocycles. The highest BCUT2D eigenvalue weighted by molar-refractivity contribution is 5.78. The van der Waals surface area contributed by atoms with Gasteiger partial charge in [0.1, 0.15) is 18.2 Å². The summed E-state index contributed by atoms with van der Waals surface area (Å²) in [4.78, 5) is 25.9. The molecule has 2 aliphatic rings. The van der Waals surface area contributed by atoms with Crippen molar-refractivity contribution in [2.24, 2.45) is 5.41 Å².